The minimum atomic E-state index is 0.252. The van der Waals surface area contributed by atoms with Crippen molar-refractivity contribution >= 4 is 17.6 Å². The van der Waals surface area contributed by atoms with Gasteiger partial charge in [-0.2, -0.15) is 11.8 Å². The molecule has 0 saturated carbocycles. The van der Waals surface area contributed by atoms with Gasteiger partial charge < -0.3 is 5.73 Å². The van der Waals surface area contributed by atoms with E-state index in [1.54, 1.807) is 11.8 Å². The zero-order valence-corrected chi connectivity index (χ0v) is 4.51. The Morgan fingerprint density at radius 1 is 2.00 bits per heavy atom. The van der Waals surface area contributed by atoms with Crippen molar-refractivity contribution in [2.75, 3.05) is 12.0 Å². The summed E-state index contributed by atoms with van der Waals surface area (Å²) in [6, 6.07) is 0. The second kappa shape index (κ2) is 3.03. The molecule has 0 bridgehead atoms. The first-order chi connectivity index (χ1) is 2.77. The summed E-state index contributed by atoms with van der Waals surface area (Å²) in [4.78, 5) is 0. The maximum absolute atomic E-state index is 6.65. The highest BCUT2D eigenvalue weighted by molar-refractivity contribution is 7.99. The van der Waals surface area contributed by atoms with Crippen LogP contribution in [0.2, 0.25) is 0 Å². The Bertz CT molecular complexity index is 52.8. The van der Waals surface area contributed by atoms with Crippen LogP contribution in [0.4, 0.5) is 0 Å². The minimum Gasteiger partial charge on any atom is -0.387 e. The molecule has 0 aromatic heterocycles. The topological polar surface area (TPSA) is 49.9 Å². The molecule has 2 nitrogen and oxygen atoms in total. The van der Waals surface area contributed by atoms with Crippen molar-refractivity contribution in [1.29, 1.82) is 5.41 Å². The summed E-state index contributed by atoms with van der Waals surface area (Å²) < 4.78 is 0. The summed E-state index contributed by atoms with van der Waals surface area (Å²) in [5, 5.41) is 6.65. The fraction of sp³-hybridized carbons (Fsp3) is 0.667. The van der Waals surface area contributed by atoms with Gasteiger partial charge in [0, 0.05) is 0 Å². The van der Waals surface area contributed by atoms with Crippen LogP contribution in [-0.4, -0.2) is 17.8 Å². The molecular weight excluding hydrogens is 96.1 g/mol. The molecular formula is C3H8N2S. The Hall–Kier alpha value is -0.180. The van der Waals surface area contributed by atoms with E-state index in [4.69, 9.17) is 11.1 Å². The van der Waals surface area contributed by atoms with Crippen LogP contribution in [0.1, 0.15) is 0 Å². The standard InChI is InChI=1S/C3H8N2S/c1-6-2-3(4)5/h2H2,1H3,(H3,4,5). The average Bonchev–Trinajstić information content (AvgIpc) is 1.35. The number of nitrogens with one attached hydrogen (secondary N) is 1. The predicted molar refractivity (Wildman–Crippen MR) is 30.3 cm³/mol. The lowest BCUT2D eigenvalue weighted by Crippen LogP contribution is -2.11. The number of hydrogen-bond acceptors (Lipinski definition) is 2. The molecule has 0 rings (SSSR count). The molecule has 0 aromatic rings. The smallest absolute Gasteiger partial charge is 0.101 e. The molecule has 0 heterocycles. The molecule has 36 valence electrons. The Morgan fingerprint density at radius 3 is 2.50 bits per heavy atom. The van der Waals surface area contributed by atoms with E-state index in [0.29, 0.717) is 5.75 Å². The van der Waals surface area contributed by atoms with Gasteiger partial charge in [-0.15, -0.1) is 0 Å². The molecule has 0 spiro atoms. The fourth-order valence-corrected chi connectivity index (χ4v) is 0.467. The summed E-state index contributed by atoms with van der Waals surface area (Å²) in [6.45, 7) is 0. The monoisotopic (exact) mass is 104 g/mol. The van der Waals surface area contributed by atoms with Gasteiger partial charge in [-0.05, 0) is 6.26 Å². The first kappa shape index (κ1) is 5.82. The van der Waals surface area contributed by atoms with Gasteiger partial charge in [0.15, 0.2) is 0 Å². The number of thioether (sulfide) groups is 1. The average molecular weight is 104 g/mol. The minimum absolute atomic E-state index is 0.252. The summed E-state index contributed by atoms with van der Waals surface area (Å²) in [5.74, 6) is 0.905. The fourth-order valence-electron chi connectivity index (χ4n) is 0.156. The van der Waals surface area contributed by atoms with Gasteiger partial charge in [-0.25, -0.2) is 0 Å². The van der Waals surface area contributed by atoms with Crippen LogP contribution in [0.5, 0.6) is 0 Å². The number of nitrogens with two attached hydrogens (primary N) is 1. The maximum Gasteiger partial charge on any atom is 0.101 e. The zero-order chi connectivity index (χ0) is 4.99. The van der Waals surface area contributed by atoms with Crippen LogP contribution in [-0.2, 0) is 0 Å². The second-order valence-corrected chi connectivity index (χ2v) is 1.82. The highest BCUT2D eigenvalue weighted by atomic mass is 32.2. The van der Waals surface area contributed by atoms with Crippen molar-refractivity contribution in [1.82, 2.24) is 0 Å². The lowest BCUT2D eigenvalue weighted by molar-refractivity contribution is 1.43. The normalized spacial score (nSPS) is 8.17. The lowest BCUT2D eigenvalue weighted by atomic mass is 10.7. The molecule has 0 saturated heterocycles. The summed E-state index contributed by atoms with van der Waals surface area (Å²) in [6.07, 6.45) is 1.92. The molecule has 0 aliphatic rings. The van der Waals surface area contributed by atoms with E-state index in [1.165, 1.54) is 0 Å². The van der Waals surface area contributed by atoms with E-state index < -0.39 is 0 Å². The van der Waals surface area contributed by atoms with Gasteiger partial charge >= 0.3 is 0 Å². The Morgan fingerprint density at radius 2 is 2.50 bits per heavy atom. The SMILES string of the molecule is CSCC(=N)N. The van der Waals surface area contributed by atoms with Crippen LogP contribution in [0, 0.1) is 5.41 Å². The van der Waals surface area contributed by atoms with Crippen molar-refractivity contribution < 1.29 is 0 Å². The molecule has 0 radical (unpaired) electrons. The van der Waals surface area contributed by atoms with Gasteiger partial charge in [-0.3, -0.25) is 5.41 Å². The molecule has 0 aliphatic carbocycles. The maximum atomic E-state index is 6.65. The Kier molecular flexibility index (Phi) is 2.94. The van der Waals surface area contributed by atoms with Crippen molar-refractivity contribution in [2.24, 2.45) is 5.73 Å². The Labute approximate surface area is 41.6 Å². The highest BCUT2D eigenvalue weighted by Crippen LogP contribution is 1.86. The van der Waals surface area contributed by atoms with Crippen molar-refractivity contribution in [2.45, 2.75) is 0 Å². The molecule has 0 aliphatic heterocycles. The van der Waals surface area contributed by atoms with Crippen LogP contribution in [0.3, 0.4) is 0 Å². The van der Waals surface area contributed by atoms with Crippen molar-refractivity contribution in [3.8, 4) is 0 Å². The van der Waals surface area contributed by atoms with Crippen LogP contribution in [0.15, 0.2) is 0 Å². The van der Waals surface area contributed by atoms with Gasteiger partial charge in [0.1, 0.15) is 5.84 Å². The van der Waals surface area contributed by atoms with E-state index >= 15 is 0 Å². The molecule has 0 aromatic carbocycles. The van der Waals surface area contributed by atoms with Crippen LogP contribution >= 0.6 is 11.8 Å². The predicted octanol–water partition coefficient (Wildman–Crippen LogP) is 0.285. The third-order valence-corrected chi connectivity index (χ3v) is 0.900. The molecule has 3 heteroatoms. The third-order valence-electron chi connectivity index (χ3n) is 0.300. The first-order valence-corrected chi connectivity index (χ1v) is 2.98. The number of rotatable bonds is 2. The number of amidine groups is 1. The molecule has 0 amide bonds. The van der Waals surface area contributed by atoms with Gasteiger partial charge in [-0.1, -0.05) is 0 Å². The molecule has 6 heavy (non-hydrogen) atoms. The molecule has 0 fully saturated rings. The van der Waals surface area contributed by atoms with Crippen molar-refractivity contribution in [3.63, 3.8) is 0 Å². The Balaban J connectivity index is 2.83. The third kappa shape index (κ3) is 3.82. The van der Waals surface area contributed by atoms with Crippen LogP contribution in [0.25, 0.3) is 0 Å². The molecule has 0 unspecified atom stereocenters. The molecule has 0 atom stereocenters. The van der Waals surface area contributed by atoms with E-state index in [9.17, 15) is 0 Å². The second-order valence-electron chi connectivity index (χ2n) is 0.958. The van der Waals surface area contributed by atoms with Gasteiger partial charge in [0.25, 0.3) is 0 Å². The van der Waals surface area contributed by atoms with Crippen molar-refractivity contribution in [3.05, 3.63) is 0 Å². The highest BCUT2D eigenvalue weighted by Gasteiger charge is 1.79. The summed E-state index contributed by atoms with van der Waals surface area (Å²) in [5.41, 5.74) is 4.97. The largest absolute Gasteiger partial charge is 0.387 e. The zero-order valence-electron chi connectivity index (χ0n) is 3.69. The van der Waals surface area contributed by atoms with Crippen LogP contribution < -0.4 is 5.73 Å². The van der Waals surface area contributed by atoms with E-state index in [1.807, 2.05) is 6.26 Å². The summed E-state index contributed by atoms with van der Waals surface area (Å²) in [7, 11) is 0. The summed E-state index contributed by atoms with van der Waals surface area (Å²) >= 11 is 1.56. The quantitative estimate of drug-likeness (QED) is 0.390. The van der Waals surface area contributed by atoms with Gasteiger partial charge in [0.05, 0.1) is 5.75 Å². The lowest BCUT2D eigenvalue weighted by Gasteiger charge is -1.86. The van der Waals surface area contributed by atoms with Gasteiger partial charge in [0.2, 0.25) is 0 Å². The first-order valence-electron chi connectivity index (χ1n) is 1.59. The van der Waals surface area contributed by atoms with E-state index in [0.717, 1.165) is 0 Å². The van der Waals surface area contributed by atoms with E-state index in [-0.39, 0.29) is 5.84 Å². The molecule has 3 N–H and O–H groups in total. The number of hydrogen-bond donors (Lipinski definition) is 2. The van der Waals surface area contributed by atoms with E-state index in [2.05, 4.69) is 0 Å².